The third kappa shape index (κ3) is 2.77. The fraction of sp³-hybridized carbons (Fsp3) is 0.562. The van der Waals surface area contributed by atoms with Crippen molar-refractivity contribution in [3.05, 3.63) is 38.3 Å². The molecule has 5 heteroatoms. The zero-order valence-corrected chi connectivity index (χ0v) is 14.0. The van der Waals surface area contributed by atoms with E-state index in [1.807, 2.05) is 22.9 Å². The molecule has 3 nitrogen and oxygen atoms in total. The van der Waals surface area contributed by atoms with Crippen molar-refractivity contribution in [3.8, 4) is 0 Å². The van der Waals surface area contributed by atoms with Crippen molar-refractivity contribution in [1.82, 2.24) is 9.78 Å². The Kier molecular flexibility index (Phi) is 4.38. The molecule has 0 bridgehead atoms. The first-order valence-electron chi connectivity index (χ1n) is 7.58. The van der Waals surface area contributed by atoms with E-state index in [4.69, 9.17) is 11.6 Å². The van der Waals surface area contributed by atoms with E-state index in [1.54, 1.807) is 0 Å². The van der Waals surface area contributed by atoms with Gasteiger partial charge in [-0.15, -0.1) is 11.3 Å². The summed E-state index contributed by atoms with van der Waals surface area (Å²) in [6.45, 7) is 4.75. The predicted molar refractivity (Wildman–Crippen MR) is 87.4 cm³/mol. The smallest absolute Gasteiger partial charge is 0.0848 e. The lowest BCUT2D eigenvalue weighted by Crippen LogP contribution is -2.25. The van der Waals surface area contributed by atoms with Crippen LogP contribution in [0, 0.1) is 6.92 Å². The normalized spacial score (nSPS) is 19.5. The maximum atomic E-state index is 10.8. The number of rotatable bonds is 4. The summed E-state index contributed by atoms with van der Waals surface area (Å²) in [4.78, 5) is 1.44. The third-order valence-electron chi connectivity index (χ3n) is 4.42. The van der Waals surface area contributed by atoms with Gasteiger partial charge in [0.2, 0.25) is 0 Å². The van der Waals surface area contributed by atoms with E-state index in [-0.39, 0.29) is 5.92 Å². The van der Waals surface area contributed by atoms with Gasteiger partial charge in [-0.3, -0.25) is 4.68 Å². The van der Waals surface area contributed by atoms with Crippen molar-refractivity contribution in [2.75, 3.05) is 0 Å². The Balaban J connectivity index is 1.84. The molecule has 0 amide bonds. The van der Waals surface area contributed by atoms with E-state index in [0.717, 1.165) is 37.2 Å². The fourth-order valence-electron chi connectivity index (χ4n) is 3.33. The molecule has 0 fully saturated rings. The molecule has 0 radical (unpaired) electrons. The molecule has 3 rings (SSSR count). The predicted octanol–water partition coefficient (Wildman–Crippen LogP) is 3.95. The SMILES string of the molecule is CCn1nc(C)c(Cl)c1CC(O)C1CCCc2sccc21. The lowest BCUT2D eigenvalue weighted by atomic mass is 9.82. The number of fused-ring (bicyclic) bond motifs is 1. The minimum absolute atomic E-state index is 0.233. The van der Waals surface area contributed by atoms with Crippen LogP contribution in [0.5, 0.6) is 0 Å². The number of thiophene rings is 1. The molecule has 0 aliphatic heterocycles. The van der Waals surface area contributed by atoms with Gasteiger partial charge in [0, 0.05) is 23.8 Å². The summed E-state index contributed by atoms with van der Waals surface area (Å²) in [6.07, 6.45) is 3.56. The van der Waals surface area contributed by atoms with Crippen molar-refractivity contribution in [2.45, 2.75) is 58.1 Å². The Bertz CT molecular complexity index is 634. The first kappa shape index (κ1) is 15.1. The quantitative estimate of drug-likeness (QED) is 0.924. The second-order valence-corrected chi connectivity index (χ2v) is 7.11. The minimum atomic E-state index is -0.391. The Morgan fingerprint density at radius 3 is 3.14 bits per heavy atom. The van der Waals surface area contributed by atoms with Crippen LogP contribution < -0.4 is 0 Å². The Morgan fingerprint density at radius 2 is 2.38 bits per heavy atom. The lowest BCUT2D eigenvalue weighted by Gasteiger charge is -2.27. The molecule has 114 valence electrons. The number of aliphatic hydroxyl groups is 1. The summed E-state index contributed by atoms with van der Waals surface area (Å²) in [5.74, 6) is 0.233. The maximum Gasteiger partial charge on any atom is 0.0848 e. The average Bonchev–Trinajstić information content (AvgIpc) is 3.06. The Labute approximate surface area is 134 Å². The summed E-state index contributed by atoms with van der Waals surface area (Å²) < 4.78 is 1.91. The molecule has 0 saturated heterocycles. The summed E-state index contributed by atoms with van der Waals surface area (Å²) in [6, 6.07) is 2.18. The molecular formula is C16H21ClN2OS. The van der Waals surface area contributed by atoms with Crippen molar-refractivity contribution < 1.29 is 5.11 Å². The third-order valence-corrected chi connectivity index (χ3v) is 5.91. The molecule has 2 unspecified atom stereocenters. The molecule has 1 aliphatic rings. The van der Waals surface area contributed by atoms with Gasteiger partial charge in [-0.2, -0.15) is 5.10 Å². The second-order valence-electron chi connectivity index (χ2n) is 5.73. The largest absolute Gasteiger partial charge is 0.392 e. The van der Waals surface area contributed by atoms with Crippen molar-refractivity contribution >= 4 is 22.9 Å². The number of aliphatic hydroxyl groups excluding tert-OH is 1. The van der Waals surface area contributed by atoms with Gasteiger partial charge in [-0.1, -0.05) is 11.6 Å². The van der Waals surface area contributed by atoms with Gasteiger partial charge >= 0.3 is 0 Å². The number of hydrogen-bond donors (Lipinski definition) is 1. The molecule has 0 spiro atoms. The van der Waals surface area contributed by atoms with E-state index < -0.39 is 6.10 Å². The van der Waals surface area contributed by atoms with Crippen LogP contribution >= 0.6 is 22.9 Å². The highest BCUT2D eigenvalue weighted by molar-refractivity contribution is 7.10. The molecule has 2 aromatic rings. The standard InChI is InChI=1S/C16H21ClN2OS/c1-3-19-13(16(17)10(2)18-19)9-14(20)11-5-4-6-15-12(11)7-8-21-15/h7-8,11,14,20H,3-6,9H2,1-2H3. The van der Waals surface area contributed by atoms with Gasteiger partial charge in [-0.05, 0) is 50.1 Å². The minimum Gasteiger partial charge on any atom is -0.392 e. The number of aryl methyl sites for hydroxylation is 3. The molecular weight excluding hydrogens is 304 g/mol. The van der Waals surface area contributed by atoms with E-state index in [0.29, 0.717) is 11.4 Å². The molecule has 2 heterocycles. The van der Waals surface area contributed by atoms with E-state index in [1.165, 1.54) is 10.4 Å². The van der Waals surface area contributed by atoms with Crippen LogP contribution in [0.1, 0.15) is 47.5 Å². The molecule has 2 atom stereocenters. The van der Waals surface area contributed by atoms with Crippen molar-refractivity contribution in [2.24, 2.45) is 0 Å². The van der Waals surface area contributed by atoms with Gasteiger partial charge in [0.05, 0.1) is 22.5 Å². The summed E-state index contributed by atoms with van der Waals surface area (Å²) >= 11 is 8.18. The van der Waals surface area contributed by atoms with Gasteiger partial charge in [-0.25, -0.2) is 0 Å². The molecule has 1 N–H and O–H groups in total. The van der Waals surface area contributed by atoms with Crippen LogP contribution in [-0.2, 0) is 19.4 Å². The fourth-order valence-corrected chi connectivity index (χ4v) is 4.54. The summed E-state index contributed by atoms with van der Waals surface area (Å²) in [7, 11) is 0. The number of aromatic nitrogens is 2. The second kappa shape index (κ2) is 6.11. The van der Waals surface area contributed by atoms with Crippen molar-refractivity contribution in [1.29, 1.82) is 0 Å². The number of nitrogens with zero attached hydrogens (tertiary/aromatic N) is 2. The topological polar surface area (TPSA) is 38.0 Å². The molecule has 0 saturated carbocycles. The first-order valence-corrected chi connectivity index (χ1v) is 8.83. The lowest BCUT2D eigenvalue weighted by molar-refractivity contribution is 0.132. The highest BCUT2D eigenvalue weighted by Crippen LogP contribution is 2.38. The van der Waals surface area contributed by atoms with E-state index in [9.17, 15) is 5.11 Å². The van der Waals surface area contributed by atoms with Gasteiger partial charge in [0.1, 0.15) is 0 Å². The van der Waals surface area contributed by atoms with Crippen LogP contribution in [-0.4, -0.2) is 21.0 Å². The monoisotopic (exact) mass is 324 g/mol. The highest BCUT2D eigenvalue weighted by atomic mass is 35.5. The zero-order chi connectivity index (χ0) is 15.0. The van der Waals surface area contributed by atoms with Crippen molar-refractivity contribution in [3.63, 3.8) is 0 Å². The number of hydrogen-bond acceptors (Lipinski definition) is 3. The first-order chi connectivity index (χ1) is 10.1. The van der Waals surface area contributed by atoms with Crippen LogP contribution in [0.3, 0.4) is 0 Å². The van der Waals surface area contributed by atoms with Crippen LogP contribution in [0.2, 0.25) is 5.02 Å². The van der Waals surface area contributed by atoms with E-state index in [2.05, 4.69) is 23.5 Å². The zero-order valence-electron chi connectivity index (χ0n) is 12.5. The van der Waals surface area contributed by atoms with Gasteiger partial charge < -0.3 is 5.11 Å². The van der Waals surface area contributed by atoms with Crippen LogP contribution in [0.25, 0.3) is 0 Å². The highest BCUT2D eigenvalue weighted by Gasteiger charge is 2.29. The van der Waals surface area contributed by atoms with E-state index >= 15 is 0 Å². The Hall–Kier alpha value is -0.840. The summed E-state index contributed by atoms with van der Waals surface area (Å²) in [5.41, 5.74) is 3.15. The number of halogens is 1. The molecule has 2 aromatic heterocycles. The van der Waals surface area contributed by atoms with Gasteiger partial charge in [0.25, 0.3) is 0 Å². The molecule has 1 aliphatic carbocycles. The Morgan fingerprint density at radius 1 is 1.57 bits per heavy atom. The van der Waals surface area contributed by atoms with Gasteiger partial charge in [0.15, 0.2) is 0 Å². The maximum absolute atomic E-state index is 10.8. The van der Waals surface area contributed by atoms with Crippen LogP contribution in [0.4, 0.5) is 0 Å². The molecule has 21 heavy (non-hydrogen) atoms. The molecule has 0 aromatic carbocycles. The van der Waals surface area contributed by atoms with Crippen LogP contribution in [0.15, 0.2) is 11.4 Å². The summed E-state index contributed by atoms with van der Waals surface area (Å²) in [5, 5.41) is 18.0. The average molecular weight is 325 g/mol.